The molecule has 1 heterocycles. The quantitative estimate of drug-likeness (QED) is 0.600. The highest BCUT2D eigenvalue weighted by Gasteiger charge is 2.24. The first kappa shape index (κ1) is 19.3. The number of anilines is 2. The zero-order valence-electron chi connectivity index (χ0n) is 15.4. The summed E-state index contributed by atoms with van der Waals surface area (Å²) in [6.07, 6.45) is 1.96. The highest BCUT2D eigenvalue weighted by molar-refractivity contribution is 6.05. The maximum Gasteiger partial charge on any atom is 0.335 e. The first-order valence-corrected chi connectivity index (χ1v) is 9.03. The summed E-state index contributed by atoms with van der Waals surface area (Å²) < 4.78 is 0. The molecule has 0 atom stereocenters. The molecular weight excluding hydrogens is 362 g/mol. The molecule has 1 fully saturated rings. The van der Waals surface area contributed by atoms with E-state index in [0.29, 0.717) is 17.3 Å². The van der Waals surface area contributed by atoms with E-state index in [9.17, 15) is 19.7 Å². The summed E-state index contributed by atoms with van der Waals surface area (Å²) in [6.45, 7) is 3.68. The number of amides is 1. The van der Waals surface area contributed by atoms with E-state index in [4.69, 9.17) is 5.11 Å². The summed E-state index contributed by atoms with van der Waals surface area (Å²) in [5, 5.41) is 23.1. The number of carboxylic acids is 1. The zero-order valence-corrected chi connectivity index (χ0v) is 15.4. The van der Waals surface area contributed by atoms with Gasteiger partial charge in [0.25, 0.3) is 11.6 Å². The SMILES string of the molecule is CC1CCN(c2ccc(C(=O)Nc3ccc(C(=O)O)cc3)cc2[N+](=O)[O-])CC1. The molecule has 0 aromatic heterocycles. The first-order valence-electron chi connectivity index (χ1n) is 9.03. The van der Waals surface area contributed by atoms with Crippen molar-refractivity contribution >= 4 is 28.9 Å². The van der Waals surface area contributed by atoms with Gasteiger partial charge in [-0.15, -0.1) is 0 Å². The summed E-state index contributed by atoms with van der Waals surface area (Å²) in [7, 11) is 0. The van der Waals surface area contributed by atoms with Crippen LogP contribution >= 0.6 is 0 Å². The number of carboxylic acid groups (broad SMARTS) is 1. The van der Waals surface area contributed by atoms with Crippen molar-refractivity contribution in [1.29, 1.82) is 0 Å². The molecule has 2 N–H and O–H groups in total. The van der Waals surface area contributed by atoms with Gasteiger partial charge in [-0.3, -0.25) is 14.9 Å². The highest BCUT2D eigenvalue weighted by Crippen LogP contribution is 2.32. The fourth-order valence-electron chi connectivity index (χ4n) is 3.23. The molecule has 0 radical (unpaired) electrons. The zero-order chi connectivity index (χ0) is 20.3. The molecule has 0 unspecified atom stereocenters. The normalized spacial score (nSPS) is 14.5. The van der Waals surface area contributed by atoms with E-state index in [1.165, 1.54) is 30.3 Å². The Morgan fingerprint density at radius 1 is 1.11 bits per heavy atom. The first-order chi connectivity index (χ1) is 13.3. The van der Waals surface area contributed by atoms with Crippen molar-refractivity contribution in [3.8, 4) is 0 Å². The van der Waals surface area contributed by atoms with Crippen molar-refractivity contribution in [1.82, 2.24) is 0 Å². The molecule has 8 nitrogen and oxygen atoms in total. The van der Waals surface area contributed by atoms with E-state index in [1.54, 1.807) is 12.1 Å². The summed E-state index contributed by atoms with van der Waals surface area (Å²) in [4.78, 5) is 36.4. The van der Waals surface area contributed by atoms with Gasteiger partial charge >= 0.3 is 5.97 Å². The average molecular weight is 383 g/mol. The summed E-state index contributed by atoms with van der Waals surface area (Å²) >= 11 is 0. The predicted octanol–water partition coefficient (Wildman–Crippen LogP) is 3.78. The molecule has 1 amide bonds. The predicted molar refractivity (Wildman–Crippen MR) is 105 cm³/mol. The van der Waals surface area contributed by atoms with Crippen LogP contribution in [0, 0.1) is 16.0 Å². The fourth-order valence-corrected chi connectivity index (χ4v) is 3.23. The van der Waals surface area contributed by atoms with Crippen LogP contribution in [-0.2, 0) is 0 Å². The molecule has 1 aliphatic heterocycles. The van der Waals surface area contributed by atoms with Crippen LogP contribution in [0.3, 0.4) is 0 Å². The molecule has 1 aliphatic rings. The lowest BCUT2D eigenvalue weighted by atomic mass is 9.98. The summed E-state index contributed by atoms with van der Waals surface area (Å²) in [5.74, 6) is -0.950. The third-order valence-electron chi connectivity index (χ3n) is 4.95. The minimum Gasteiger partial charge on any atom is -0.478 e. The minimum atomic E-state index is -1.06. The van der Waals surface area contributed by atoms with Crippen molar-refractivity contribution in [3.05, 3.63) is 63.7 Å². The van der Waals surface area contributed by atoms with Crippen LogP contribution in [0.4, 0.5) is 17.1 Å². The Balaban J connectivity index is 1.80. The Kier molecular flexibility index (Phi) is 5.58. The number of nitrogens with one attached hydrogen (secondary N) is 1. The monoisotopic (exact) mass is 383 g/mol. The van der Waals surface area contributed by atoms with Crippen molar-refractivity contribution in [2.45, 2.75) is 19.8 Å². The number of hydrogen-bond donors (Lipinski definition) is 2. The van der Waals surface area contributed by atoms with Crippen molar-refractivity contribution < 1.29 is 19.6 Å². The number of nitro groups is 1. The number of rotatable bonds is 5. The second-order valence-corrected chi connectivity index (χ2v) is 6.97. The van der Waals surface area contributed by atoms with Crippen LogP contribution in [0.2, 0.25) is 0 Å². The van der Waals surface area contributed by atoms with E-state index < -0.39 is 16.8 Å². The third kappa shape index (κ3) is 4.28. The molecule has 0 saturated carbocycles. The molecule has 1 saturated heterocycles. The highest BCUT2D eigenvalue weighted by atomic mass is 16.6. The molecule has 2 aromatic carbocycles. The number of nitro benzene ring substituents is 1. The van der Waals surface area contributed by atoms with Crippen LogP contribution in [0.25, 0.3) is 0 Å². The Morgan fingerprint density at radius 3 is 2.29 bits per heavy atom. The second kappa shape index (κ2) is 8.08. The summed E-state index contributed by atoms with van der Waals surface area (Å²) in [6, 6.07) is 10.2. The summed E-state index contributed by atoms with van der Waals surface area (Å²) in [5.41, 5.74) is 1.12. The lowest BCUT2D eigenvalue weighted by molar-refractivity contribution is -0.384. The topological polar surface area (TPSA) is 113 Å². The molecule has 0 aliphatic carbocycles. The van der Waals surface area contributed by atoms with Crippen LogP contribution in [0.5, 0.6) is 0 Å². The molecule has 28 heavy (non-hydrogen) atoms. The Labute approximate surface area is 161 Å². The van der Waals surface area contributed by atoms with Crippen molar-refractivity contribution in [2.75, 3.05) is 23.3 Å². The molecule has 8 heteroatoms. The number of carbonyl (C=O) groups excluding carboxylic acids is 1. The van der Waals surface area contributed by atoms with Crippen LogP contribution in [0.15, 0.2) is 42.5 Å². The smallest absolute Gasteiger partial charge is 0.335 e. The average Bonchev–Trinajstić information content (AvgIpc) is 2.68. The van der Waals surface area contributed by atoms with Crippen molar-refractivity contribution in [3.63, 3.8) is 0 Å². The lowest BCUT2D eigenvalue weighted by Crippen LogP contribution is -2.33. The number of aromatic carboxylic acids is 1. The number of piperidine rings is 1. The number of benzene rings is 2. The number of hydrogen-bond acceptors (Lipinski definition) is 5. The Hall–Kier alpha value is -3.42. The molecule has 146 valence electrons. The molecular formula is C20H21N3O5. The van der Waals surface area contributed by atoms with Gasteiger partial charge in [0.05, 0.1) is 10.5 Å². The van der Waals surface area contributed by atoms with E-state index in [2.05, 4.69) is 12.2 Å². The van der Waals surface area contributed by atoms with E-state index in [-0.39, 0.29) is 16.8 Å². The van der Waals surface area contributed by atoms with Gasteiger partial charge in [-0.25, -0.2) is 4.79 Å². The number of nitrogens with zero attached hydrogens (tertiary/aromatic N) is 2. The van der Waals surface area contributed by atoms with Gasteiger partial charge in [0, 0.05) is 30.4 Å². The van der Waals surface area contributed by atoms with Gasteiger partial charge < -0.3 is 15.3 Å². The maximum atomic E-state index is 12.5. The van der Waals surface area contributed by atoms with Crippen LogP contribution in [-0.4, -0.2) is 35.0 Å². The molecule has 3 rings (SSSR count). The fraction of sp³-hybridized carbons (Fsp3) is 0.300. The second-order valence-electron chi connectivity index (χ2n) is 6.97. The lowest BCUT2D eigenvalue weighted by Gasteiger charge is -2.31. The third-order valence-corrected chi connectivity index (χ3v) is 4.95. The van der Waals surface area contributed by atoms with Gasteiger partial charge in [-0.1, -0.05) is 6.92 Å². The molecule has 0 bridgehead atoms. The van der Waals surface area contributed by atoms with Gasteiger partial charge in [-0.05, 0) is 55.2 Å². The van der Waals surface area contributed by atoms with Crippen LogP contribution in [0.1, 0.15) is 40.5 Å². The Morgan fingerprint density at radius 2 is 1.71 bits per heavy atom. The van der Waals surface area contributed by atoms with Crippen molar-refractivity contribution in [2.24, 2.45) is 5.92 Å². The van der Waals surface area contributed by atoms with Crippen LogP contribution < -0.4 is 10.2 Å². The van der Waals surface area contributed by atoms with Gasteiger partial charge in [-0.2, -0.15) is 0 Å². The van der Waals surface area contributed by atoms with E-state index >= 15 is 0 Å². The Bertz CT molecular complexity index is 903. The standard InChI is InChI=1S/C20H21N3O5/c1-13-8-10-22(11-9-13)17-7-4-15(12-18(17)23(27)28)19(24)21-16-5-2-14(3-6-16)20(25)26/h2-7,12-13H,8-11H2,1H3,(H,21,24)(H,25,26). The minimum absolute atomic E-state index is 0.0940. The van der Waals surface area contributed by atoms with Gasteiger partial charge in [0.1, 0.15) is 5.69 Å². The van der Waals surface area contributed by atoms with Gasteiger partial charge in [0.2, 0.25) is 0 Å². The molecule has 0 spiro atoms. The number of carbonyl (C=O) groups is 2. The largest absolute Gasteiger partial charge is 0.478 e. The van der Waals surface area contributed by atoms with E-state index in [0.717, 1.165) is 25.9 Å². The maximum absolute atomic E-state index is 12.5. The van der Waals surface area contributed by atoms with Gasteiger partial charge in [0.15, 0.2) is 0 Å². The molecule has 2 aromatic rings. The van der Waals surface area contributed by atoms with E-state index in [1.807, 2.05) is 4.90 Å².